The summed E-state index contributed by atoms with van der Waals surface area (Å²) in [6.07, 6.45) is -1.04. The number of alkyl halides is 3. The standard InChI is InChI=1S/C24H23ClF3N7O2/c1-32-13-15(12-29-32)14-33-6-8-34(9-7-33)23(36)21-20(25)22-30-18(16-4-3-5-17(10-16)37-2)11-19(24(26,27)28)35(22)31-21/h3-5,10-13H,6-9,14H2,1-2H3. The van der Waals surface area contributed by atoms with Gasteiger partial charge in [0.2, 0.25) is 0 Å². The number of fused-ring (bicyclic) bond motifs is 1. The fourth-order valence-electron chi connectivity index (χ4n) is 4.33. The second-order valence-electron chi connectivity index (χ2n) is 8.74. The summed E-state index contributed by atoms with van der Waals surface area (Å²) in [5, 5.41) is 7.91. The van der Waals surface area contributed by atoms with Crippen molar-refractivity contribution in [1.82, 2.24) is 34.2 Å². The Kier molecular flexibility index (Phi) is 6.54. The van der Waals surface area contributed by atoms with Crippen LogP contribution >= 0.6 is 11.6 Å². The average Bonchev–Trinajstić information content (AvgIpc) is 3.45. The highest BCUT2D eigenvalue weighted by Crippen LogP contribution is 2.35. The van der Waals surface area contributed by atoms with Crippen molar-refractivity contribution >= 4 is 23.2 Å². The van der Waals surface area contributed by atoms with E-state index in [1.54, 1.807) is 40.0 Å². The zero-order valence-corrected chi connectivity index (χ0v) is 20.8. The number of nitrogens with zero attached hydrogens (tertiary/aromatic N) is 7. The van der Waals surface area contributed by atoms with Gasteiger partial charge in [0.1, 0.15) is 10.8 Å². The van der Waals surface area contributed by atoms with Crippen LogP contribution in [-0.2, 0) is 19.8 Å². The number of hydrogen-bond donors (Lipinski definition) is 0. The Bertz CT molecular complexity index is 1460. The van der Waals surface area contributed by atoms with Gasteiger partial charge in [-0.3, -0.25) is 14.4 Å². The van der Waals surface area contributed by atoms with Gasteiger partial charge in [0.15, 0.2) is 17.0 Å². The maximum absolute atomic E-state index is 14.0. The van der Waals surface area contributed by atoms with E-state index in [2.05, 4.69) is 20.1 Å². The molecule has 13 heteroatoms. The highest BCUT2D eigenvalue weighted by atomic mass is 35.5. The second-order valence-corrected chi connectivity index (χ2v) is 9.12. The van der Waals surface area contributed by atoms with Gasteiger partial charge >= 0.3 is 6.18 Å². The van der Waals surface area contributed by atoms with Crippen LogP contribution < -0.4 is 4.74 Å². The molecule has 0 spiro atoms. The number of carbonyl (C=O) groups excluding carboxylic acids is 1. The molecule has 194 valence electrons. The van der Waals surface area contributed by atoms with Crippen LogP contribution in [0.1, 0.15) is 21.7 Å². The molecule has 0 N–H and O–H groups in total. The maximum atomic E-state index is 14.0. The molecule has 37 heavy (non-hydrogen) atoms. The molecule has 0 unspecified atom stereocenters. The number of aryl methyl sites for hydroxylation is 1. The number of carbonyl (C=O) groups is 1. The number of hydrogen-bond acceptors (Lipinski definition) is 6. The monoisotopic (exact) mass is 533 g/mol. The molecule has 1 saturated heterocycles. The zero-order chi connectivity index (χ0) is 26.3. The molecule has 1 amide bonds. The van der Waals surface area contributed by atoms with Crippen LogP contribution in [0.2, 0.25) is 5.02 Å². The SMILES string of the molecule is COc1cccc(-c2cc(C(F)(F)F)n3nc(C(=O)N4CCN(Cc5cnn(C)c5)CC4)c(Cl)c3n2)c1. The summed E-state index contributed by atoms with van der Waals surface area (Å²) in [6, 6.07) is 7.39. The first-order chi connectivity index (χ1) is 17.6. The lowest BCUT2D eigenvalue weighted by atomic mass is 10.1. The molecule has 1 aliphatic heterocycles. The van der Waals surface area contributed by atoms with Crippen LogP contribution in [0.15, 0.2) is 42.7 Å². The third kappa shape index (κ3) is 4.98. The Morgan fingerprint density at radius 1 is 1.16 bits per heavy atom. The largest absolute Gasteiger partial charge is 0.497 e. The molecule has 4 heterocycles. The average molecular weight is 534 g/mol. The zero-order valence-electron chi connectivity index (χ0n) is 20.0. The highest BCUT2D eigenvalue weighted by Gasteiger charge is 2.37. The predicted octanol–water partition coefficient (Wildman–Crippen LogP) is 3.77. The number of halogens is 4. The van der Waals surface area contributed by atoms with Crippen LogP contribution in [0.3, 0.4) is 0 Å². The van der Waals surface area contributed by atoms with Gasteiger partial charge in [-0.25, -0.2) is 9.50 Å². The van der Waals surface area contributed by atoms with Gasteiger partial charge in [-0.15, -0.1) is 0 Å². The lowest BCUT2D eigenvalue weighted by Crippen LogP contribution is -2.48. The normalized spacial score (nSPS) is 14.9. The molecule has 0 atom stereocenters. The fraction of sp³-hybridized carbons (Fsp3) is 0.333. The minimum atomic E-state index is -4.76. The number of methoxy groups -OCH3 is 1. The second kappa shape index (κ2) is 9.67. The Labute approximate surface area is 215 Å². The van der Waals surface area contributed by atoms with Crippen molar-refractivity contribution in [3.63, 3.8) is 0 Å². The number of aromatic nitrogens is 5. The van der Waals surface area contributed by atoms with E-state index in [0.29, 0.717) is 48.6 Å². The van der Waals surface area contributed by atoms with Gasteiger partial charge in [0.25, 0.3) is 5.91 Å². The van der Waals surface area contributed by atoms with E-state index in [0.717, 1.165) is 11.6 Å². The van der Waals surface area contributed by atoms with Gasteiger partial charge in [0.05, 0.1) is 19.0 Å². The fourth-order valence-corrected chi connectivity index (χ4v) is 4.57. The third-order valence-electron chi connectivity index (χ3n) is 6.22. The van der Waals surface area contributed by atoms with E-state index in [9.17, 15) is 18.0 Å². The molecular formula is C24H23ClF3N7O2. The van der Waals surface area contributed by atoms with Crippen molar-refractivity contribution in [2.45, 2.75) is 12.7 Å². The molecule has 1 aliphatic rings. The topological polar surface area (TPSA) is 80.8 Å². The molecule has 0 aliphatic carbocycles. The van der Waals surface area contributed by atoms with E-state index in [1.807, 2.05) is 13.2 Å². The quantitative estimate of drug-likeness (QED) is 0.388. The van der Waals surface area contributed by atoms with Crippen molar-refractivity contribution in [3.8, 4) is 17.0 Å². The van der Waals surface area contributed by atoms with Crippen molar-refractivity contribution in [3.05, 3.63) is 64.7 Å². The number of amides is 1. The molecule has 3 aromatic heterocycles. The minimum Gasteiger partial charge on any atom is -0.497 e. The summed E-state index contributed by atoms with van der Waals surface area (Å²) in [5.41, 5.74) is -0.0948. The van der Waals surface area contributed by atoms with Gasteiger partial charge in [0, 0.05) is 57.1 Å². The summed E-state index contributed by atoms with van der Waals surface area (Å²) in [6.45, 7) is 2.65. The molecular weight excluding hydrogens is 511 g/mol. The summed E-state index contributed by atoms with van der Waals surface area (Å²) >= 11 is 6.44. The van der Waals surface area contributed by atoms with Crippen molar-refractivity contribution in [2.24, 2.45) is 7.05 Å². The molecule has 0 bridgehead atoms. The van der Waals surface area contributed by atoms with E-state index < -0.39 is 17.8 Å². The lowest BCUT2D eigenvalue weighted by molar-refractivity contribution is -0.142. The number of piperazine rings is 1. The van der Waals surface area contributed by atoms with Crippen LogP contribution in [0.4, 0.5) is 13.2 Å². The van der Waals surface area contributed by atoms with E-state index in [-0.39, 0.29) is 22.1 Å². The minimum absolute atomic E-state index is 0.0311. The van der Waals surface area contributed by atoms with Crippen LogP contribution in [0, 0.1) is 0 Å². The van der Waals surface area contributed by atoms with Gasteiger partial charge in [-0.2, -0.15) is 23.4 Å². The van der Waals surface area contributed by atoms with Crippen molar-refractivity contribution < 1.29 is 22.7 Å². The molecule has 1 aromatic carbocycles. The molecule has 9 nitrogen and oxygen atoms in total. The Morgan fingerprint density at radius 2 is 1.92 bits per heavy atom. The van der Waals surface area contributed by atoms with Crippen LogP contribution in [0.5, 0.6) is 5.75 Å². The molecule has 0 saturated carbocycles. The molecule has 1 fully saturated rings. The Morgan fingerprint density at radius 3 is 2.57 bits per heavy atom. The first-order valence-electron chi connectivity index (χ1n) is 11.4. The summed E-state index contributed by atoms with van der Waals surface area (Å²) in [4.78, 5) is 21.3. The molecule has 4 aromatic rings. The number of rotatable bonds is 5. The Hall–Kier alpha value is -3.64. The summed E-state index contributed by atoms with van der Waals surface area (Å²) in [5.74, 6) is -0.0709. The van der Waals surface area contributed by atoms with Gasteiger partial charge < -0.3 is 9.64 Å². The highest BCUT2D eigenvalue weighted by molar-refractivity contribution is 6.36. The predicted molar refractivity (Wildman–Crippen MR) is 129 cm³/mol. The maximum Gasteiger partial charge on any atom is 0.433 e. The summed E-state index contributed by atoms with van der Waals surface area (Å²) in [7, 11) is 3.30. The molecule has 5 rings (SSSR count). The van der Waals surface area contributed by atoms with Crippen LogP contribution in [-0.4, -0.2) is 73.4 Å². The van der Waals surface area contributed by atoms with Crippen LogP contribution in [0.25, 0.3) is 16.9 Å². The first-order valence-corrected chi connectivity index (χ1v) is 11.8. The van der Waals surface area contributed by atoms with E-state index in [1.165, 1.54) is 7.11 Å². The summed E-state index contributed by atoms with van der Waals surface area (Å²) < 4.78 is 49.5. The van der Waals surface area contributed by atoms with Crippen molar-refractivity contribution in [2.75, 3.05) is 33.3 Å². The molecule has 0 radical (unpaired) electrons. The van der Waals surface area contributed by atoms with E-state index in [4.69, 9.17) is 16.3 Å². The van der Waals surface area contributed by atoms with E-state index >= 15 is 0 Å². The van der Waals surface area contributed by atoms with Crippen molar-refractivity contribution in [1.29, 1.82) is 0 Å². The Balaban J connectivity index is 1.44. The first kappa shape index (κ1) is 25.0. The lowest BCUT2D eigenvalue weighted by Gasteiger charge is -2.34. The van der Waals surface area contributed by atoms with Gasteiger partial charge in [-0.05, 0) is 18.2 Å². The number of benzene rings is 1. The smallest absolute Gasteiger partial charge is 0.433 e. The van der Waals surface area contributed by atoms with Gasteiger partial charge in [-0.1, -0.05) is 23.7 Å². The third-order valence-corrected chi connectivity index (χ3v) is 6.56. The number of ether oxygens (including phenoxy) is 1.